The number of hydrogen-bond acceptors (Lipinski definition) is 7. The second-order valence-corrected chi connectivity index (χ2v) is 10.2. The van der Waals surface area contributed by atoms with Crippen molar-refractivity contribution >= 4 is 39.2 Å². The molecule has 2 aromatic heterocycles. The molecule has 0 radical (unpaired) electrons. The molecule has 2 aromatic rings. The Balaban J connectivity index is 1.36. The summed E-state index contributed by atoms with van der Waals surface area (Å²) in [5.74, 6) is 0.184. The highest BCUT2D eigenvalue weighted by molar-refractivity contribution is 7.99. The zero-order valence-corrected chi connectivity index (χ0v) is 18.6. The van der Waals surface area contributed by atoms with Crippen molar-refractivity contribution in [1.29, 1.82) is 0 Å². The van der Waals surface area contributed by atoms with Gasteiger partial charge in [-0.3, -0.25) is 14.2 Å². The molecule has 162 valence electrons. The summed E-state index contributed by atoms with van der Waals surface area (Å²) in [6, 6.07) is 0. The fraction of sp³-hybridized carbons (Fsp3) is 0.667. The molecule has 3 aliphatic rings. The van der Waals surface area contributed by atoms with Crippen molar-refractivity contribution in [1.82, 2.24) is 14.9 Å². The average molecular weight is 450 g/mol. The number of aromatic nitrogens is 2. The van der Waals surface area contributed by atoms with Crippen LogP contribution in [-0.2, 0) is 33.7 Å². The van der Waals surface area contributed by atoms with Crippen LogP contribution in [0.3, 0.4) is 0 Å². The normalized spacial score (nSPS) is 23.3. The molecule has 0 bridgehead atoms. The molecular weight excluding hydrogens is 422 g/mol. The number of hydrogen-bond donors (Lipinski definition) is 1. The summed E-state index contributed by atoms with van der Waals surface area (Å²) in [5, 5.41) is 4.36. The predicted molar refractivity (Wildman–Crippen MR) is 118 cm³/mol. The van der Waals surface area contributed by atoms with Gasteiger partial charge in [0, 0.05) is 24.6 Å². The first-order valence-corrected chi connectivity index (χ1v) is 12.7. The molecule has 4 heterocycles. The molecule has 0 saturated carbocycles. The number of carbonyl (C=O) groups is 1. The second-order valence-electron chi connectivity index (χ2n) is 8.21. The lowest BCUT2D eigenvalue weighted by molar-refractivity contribution is -0.119. The summed E-state index contributed by atoms with van der Waals surface area (Å²) in [5.41, 5.74) is 1.22. The third-order valence-electron chi connectivity index (χ3n) is 6.08. The van der Waals surface area contributed by atoms with E-state index in [0.29, 0.717) is 18.2 Å². The Hall–Kier alpha value is -1.42. The number of ether oxygens (including phenoxy) is 2. The minimum absolute atomic E-state index is 0.0252. The first-order chi connectivity index (χ1) is 14.7. The van der Waals surface area contributed by atoms with E-state index in [2.05, 4.69) is 5.32 Å². The average Bonchev–Trinajstić information content (AvgIpc) is 3.51. The lowest BCUT2D eigenvalue weighted by Gasteiger charge is -2.16. The first-order valence-electron chi connectivity index (χ1n) is 10.9. The van der Waals surface area contributed by atoms with Gasteiger partial charge < -0.3 is 14.8 Å². The van der Waals surface area contributed by atoms with Gasteiger partial charge in [0.2, 0.25) is 5.91 Å². The van der Waals surface area contributed by atoms with Gasteiger partial charge in [0.05, 0.1) is 29.9 Å². The molecule has 0 aromatic carbocycles. The van der Waals surface area contributed by atoms with Gasteiger partial charge >= 0.3 is 0 Å². The quantitative estimate of drug-likeness (QED) is 0.517. The number of rotatable bonds is 7. The molecule has 1 N–H and O–H groups in total. The molecule has 30 heavy (non-hydrogen) atoms. The van der Waals surface area contributed by atoms with E-state index in [4.69, 9.17) is 14.5 Å². The Morgan fingerprint density at radius 1 is 1.17 bits per heavy atom. The van der Waals surface area contributed by atoms with Crippen molar-refractivity contribution in [3.05, 3.63) is 20.8 Å². The third-order valence-corrected chi connectivity index (χ3v) is 8.25. The molecule has 2 saturated heterocycles. The molecule has 9 heteroatoms. The number of carbonyl (C=O) groups excluding carboxylic acids is 1. The van der Waals surface area contributed by atoms with Crippen LogP contribution in [0.1, 0.15) is 42.5 Å². The Labute approximate surface area is 183 Å². The molecule has 7 nitrogen and oxygen atoms in total. The Bertz CT molecular complexity index is 990. The summed E-state index contributed by atoms with van der Waals surface area (Å²) in [6.45, 7) is 2.58. The molecule has 1 amide bonds. The zero-order valence-electron chi connectivity index (χ0n) is 17.0. The van der Waals surface area contributed by atoms with E-state index < -0.39 is 0 Å². The Morgan fingerprint density at radius 3 is 2.73 bits per heavy atom. The van der Waals surface area contributed by atoms with E-state index in [9.17, 15) is 9.59 Å². The Kier molecular flexibility index (Phi) is 6.13. The summed E-state index contributed by atoms with van der Waals surface area (Å²) in [6.07, 6.45) is 7.31. The second kappa shape index (κ2) is 8.98. The van der Waals surface area contributed by atoms with Gasteiger partial charge in [0.15, 0.2) is 5.16 Å². The smallest absolute Gasteiger partial charge is 0.263 e. The molecule has 1 aliphatic carbocycles. The van der Waals surface area contributed by atoms with E-state index in [1.165, 1.54) is 22.2 Å². The number of nitrogens with zero attached hydrogens (tertiary/aromatic N) is 2. The van der Waals surface area contributed by atoms with Crippen LogP contribution >= 0.6 is 23.1 Å². The predicted octanol–water partition coefficient (Wildman–Crippen LogP) is 2.51. The highest BCUT2D eigenvalue weighted by atomic mass is 32.2. The first kappa shape index (κ1) is 20.5. The molecule has 2 fully saturated rings. The summed E-state index contributed by atoms with van der Waals surface area (Å²) in [7, 11) is 0. The number of thiophene rings is 1. The number of aryl methyl sites for hydroxylation is 2. The highest BCUT2D eigenvalue weighted by Crippen LogP contribution is 2.35. The summed E-state index contributed by atoms with van der Waals surface area (Å²) >= 11 is 2.98. The van der Waals surface area contributed by atoms with Crippen molar-refractivity contribution < 1.29 is 14.3 Å². The molecule has 2 atom stereocenters. The lowest BCUT2D eigenvalue weighted by Crippen LogP contribution is -2.33. The maximum atomic E-state index is 13.4. The van der Waals surface area contributed by atoms with Gasteiger partial charge in [0.25, 0.3) is 5.56 Å². The van der Waals surface area contributed by atoms with Crippen LogP contribution in [-0.4, -0.2) is 53.2 Å². The topological polar surface area (TPSA) is 82.5 Å². The van der Waals surface area contributed by atoms with Gasteiger partial charge in [0.1, 0.15) is 4.83 Å². The number of nitrogens with one attached hydrogen (secondary N) is 1. The largest absolute Gasteiger partial charge is 0.376 e. The van der Waals surface area contributed by atoms with Gasteiger partial charge in [-0.1, -0.05) is 11.8 Å². The van der Waals surface area contributed by atoms with E-state index >= 15 is 0 Å². The van der Waals surface area contributed by atoms with Crippen molar-refractivity contribution in [2.45, 2.75) is 68.9 Å². The van der Waals surface area contributed by atoms with Crippen LogP contribution < -0.4 is 10.9 Å². The van der Waals surface area contributed by atoms with Crippen LogP contribution in [0.2, 0.25) is 0 Å². The molecule has 2 aliphatic heterocycles. The van der Waals surface area contributed by atoms with Crippen molar-refractivity contribution in [3.8, 4) is 0 Å². The fourth-order valence-corrected chi connectivity index (χ4v) is 6.68. The van der Waals surface area contributed by atoms with E-state index in [0.717, 1.165) is 68.4 Å². The lowest BCUT2D eigenvalue weighted by atomic mass is 10.2. The van der Waals surface area contributed by atoms with Crippen LogP contribution in [0.15, 0.2) is 9.95 Å². The maximum absolute atomic E-state index is 13.4. The molecule has 0 spiro atoms. The van der Waals surface area contributed by atoms with Crippen molar-refractivity contribution in [2.24, 2.45) is 0 Å². The van der Waals surface area contributed by atoms with Crippen LogP contribution in [0, 0.1) is 0 Å². The van der Waals surface area contributed by atoms with Gasteiger partial charge in [-0.05, 0) is 50.5 Å². The monoisotopic (exact) mass is 449 g/mol. The number of thioether (sulfide) groups is 1. The van der Waals surface area contributed by atoms with Crippen LogP contribution in [0.25, 0.3) is 10.2 Å². The van der Waals surface area contributed by atoms with Gasteiger partial charge in [-0.25, -0.2) is 4.98 Å². The fourth-order valence-electron chi connectivity index (χ4n) is 4.54. The molecule has 5 rings (SSSR count). The number of amides is 1. The van der Waals surface area contributed by atoms with Crippen molar-refractivity contribution in [3.63, 3.8) is 0 Å². The SMILES string of the molecule is O=C(CSc1nc2sc3c(c2c(=O)n1C[C@@H]1CCCO1)CCC3)NC[C@@H]1CCCO1. The standard InChI is InChI=1S/C21H27N3O4S2/c25-17(22-10-13-4-2-8-27-13)12-29-21-23-19-18(15-6-1-7-16(15)30-19)20(26)24(21)11-14-5-3-9-28-14/h13-14H,1-12H2,(H,22,25)/t13-,14-/m0/s1. The van der Waals surface area contributed by atoms with Crippen molar-refractivity contribution in [2.75, 3.05) is 25.5 Å². The number of fused-ring (bicyclic) bond motifs is 3. The molecule has 0 unspecified atom stereocenters. The Morgan fingerprint density at radius 2 is 1.97 bits per heavy atom. The molecular formula is C21H27N3O4S2. The minimum Gasteiger partial charge on any atom is -0.376 e. The highest BCUT2D eigenvalue weighted by Gasteiger charge is 2.26. The van der Waals surface area contributed by atoms with E-state index in [1.807, 2.05) is 0 Å². The van der Waals surface area contributed by atoms with Crippen LogP contribution in [0.5, 0.6) is 0 Å². The van der Waals surface area contributed by atoms with Gasteiger partial charge in [-0.15, -0.1) is 11.3 Å². The maximum Gasteiger partial charge on any atom is 0.263 e. The third kappa shape index (κ3) is 4.17. The van der Waals surface area contributed by atoms with Crippen LogP contribution in [0.4, 0.5) is 0 Å². The summed E-state index contributed by atoms with van der Waals surface area (Å²) in [4.78, 5) is 32.8. The minimum atomic E-state index is -0.0535. The van der Waals surface area contributed by atoms with E-state index in [-0.39, 0.29) is 29.4 Å². The van der Waals surface area contributed by atoms with E-state index in [1.54, 1.807) is 15.9 Å². The van der Waals surface area contributed by atoms with Gasteiger partial charge in [-0.2, -0.15) is 0 Å². The zero-order chi connectivity index (χ0) is 20.5. The summed E-state index contributed by atoms with van der Waals surface area (Å²) < 4.78 is 13.1.